The molecule has 0 N–H and O–H groups in total. The van der Waals surface area contributed by atoms with Crippen LogP contribution in [0, 0.1) is 34.5 Å². The van der Waals surface area contributed by atoms with Gasteiger partial charge in [0.05, 0.1) is 0 Å². The summed E-state index contributed by atoms with van der Waals surface area (Å²) in [5.41, 5.74) is 7.51. The lowest BCUT2D eigenvalue weighted by molar-refractivity contribution is 0.203. The van der Waals surface area contributed by atoms with Crippen LogP contribution in [0.4, 0.5) is 0 Å². The highest BCUT2D eigenvalue weighted by Crippen LogP contribution is 2.43. The molecule has 0 amide bonds. The molecule has 0 spiro atoms. The highest BCUT2D eigenvalue weighted by atomic mass is 14.4. The molecule has 2 aromatic carbocycles. The highest BCUT2D eigenvalue weighted by Gasteiger charge is 2.33. The van der Waals surface area contributed by atoms with Gasteiger partial charge in [0.2, 0.25) is 0 Å². The molecule has 2 fully saturated rings. The van der Waals surface area contributed by atoms with Gasteiger partial charge in [0, 0.05) is 0 Å². The minimum atomic E-state index is 0.500. The normalized spacial score (nSPS) is 25.9. The molecule has 6 aliphatic rings. The second-order valence-corrected chi connectivity index (χ2v) is 14.8. The number of hydrogen-bond acceptors (Lipinski definition) is 0. The quantitative estimate of drug-likeness (QED) is 0.367. The van der Waals surface area contributed by atoms with Crippen LogP contribution < -0.4 is 0 Å². The molecule has 0 heterocycles. The topological polar surface area (TPSA) is 0 Å². The van der Waals surface area contributed by atoms with E-state index in [1.807, 2.05) is 0 Å². The van der Waals surface area contributed by atoms with Crippen molar-refractivity contribution in [2.24, 2.45) is 34.5 Å². The van der Waals surface area contributed by atoms with Crippen molar-refractivity contribution >= 4 is 0 Å². The molecular weight excluding hydrogens is 408 g/mol. The van der Waals surface area contributed by atoms with E-state index in [0.29, 0.717) is 10.8 Å². The van der Waals surface area contributed by atoms with Crippen LogP contribution in [0.3, 0.4) is 0 Å². The fourth-order valence-electron chi connectivity index (χ4n) is 5.57. The van der Waals surface area contributed by atoms with Gasteiger partial charge in [0.15, 0.2) is 0 Å². The molecule has 188 valence electrons. The molecule has 34 heavy (non-hydrogen) atoms. The standard InChI is InChI=1S/2C12H14.2C5H12/c2*1-2-4-12-8-10-5-9(6-10)7-11(12)3-1;2*1-5(2,3)4/h2*1-4,9-10H,5-8H2;2*1-4H3. The van der Waals surface area contributed by atoms with E-state index in [4.69, 9.17) is 0 Å². The van der Waals surface area contributed by atoms with Gasteiger partial charge in [-0.15, -0.1) is 0 Å². The summed E-state index contributed by atoms with van der Waals surface area (Å²) in [4.78, 5) is 0. The molecular formula is C34H52. The second-order valence-electron chi connectivity index (χ2n) is 14.8. The van der Waals surface area contributed by atoms with Crippen molar-refractivity contribution in [3.8, 4) is 0 Å². The van der Waals surface area contributed by atoms with Crippen molar-refractivity contribution < 1.29 is 0 Å². The first-order valence-corrected chi connectivity index (χ1v) is 14.0. The third-order valence-corrected chi connectivity index (χ3v) is 6.94. The fourth-order valence-corrected chi connectivity index (χ4v) is 5.57. The third-order valence-electron chi connectivity index (χ3n) is 6.94. The van der Waals surface area contributed by atoms with E-state index >= 15 is 0 Å². The molecule has 2 saturated carbocycles. The SMILES string of the molecule is CC(C)(C)C.CC(C)(C)C.c1ccc2c(c1)CC1CC(C2)C1.c1ccc2c(c1)CC1CC(C2)C1. The molecule has 0 heteroatoms. The average molecular weight is 461 g/mol. The Morgan fingerprint density at radius 3 is 0.765 bits per heavy atom. The van der Waals surface area contributed by atoms with E-state index in [1.54, 1.807) is 22.3 Å². The van der Waals surface area contributed by atoms with Gasteiger partial charge in [-0.25, -0.2) is 0 Å². The van der Waals surface area contributed by atoms with Crippen LogP contribution in [-0.4, -0.2) is 0 Å². The molecule has 0 aliphatic heterocycles. The molecule has 0 radical (unpaired) electrons. The maximum Gasteiger partial charge on any atom is -0.0247 e. The molecule has 4 bridgehead atoms. The van der Waals surface area contributed by atoms with Crippen LogP contribution in [0.5, 0.6) is 0 Å². The summed E-state index contributed by atoms with van der Waals surface area (Å²) in [6, 6.07) is 18.0. The lowest BCUT2D eigenvalue weighted by atomic mass is 9.73. The largest absolute Gasteiger partial charge is 0.0620 e. The van der Waals surface area contributed by atoms with E-state index < -0.39 is 0 Å². The van der Waals surface area contributed by atoms with E-state index in [2.05, 4.69) is 104 Å². The first-order valence-electron chi connectivity index (χ1n) is 14.0. The summed E-state index contributed by atoms with van der Waals surface area (Å²) in [6.07, 6.45) is 11.4. The van der Waals surface area contributed by atoms with Crippen LogP contribution in [0.25, 0.3) is 0 Å². The fraction of sp³-hybridized carbons (Fsp3) is 0.647. The predicted molar refractivity (Wildman–Crippen MR) is 150 cm³/mol. The van der Waals surface area contributed by atoms with E-state index in [0.717, 1.165) is 23.7 Å². The Morgan fingerprint density at radius 1 is 0.412 bits per heavy atom. The van der Waals surface area contributed by atoms with Gasteiger partial charge >= 0.3 is 0 Å². The third kappa shape index (κ3) is 9.59. The van der Waals surface area contributed by atoms with Gasteiger partial charge in [0.1, 0.15) is 0 Å². The summed E-state index contributed by atoms with van der Waals surface area (Å²) < 4.78 is 0. The molecule has 0 unspecified atom stereocenters. The summed E-state index contributed by atoms with van der Waals surface area (Å²) in [5, 5.41) is 0. The van der Waals surface area contributed by atoms with Crippen LogP contribution in [0.1, 0.15) is 103 Å². The Morgan fingerprint density at radius 2 is 0.588 bits per heavy atom. The lowest BCUT2D eigenvalue weighted by Gasteiger charge is -2.32. The number of hydrogen-bond donors (Lipinski definition) is 0. The Bertz CT molecular complexity index is 733. The zero-order valence-electron chi connectivity index (χ0n) is 23.6. The van der Waals surface area contributed by atoms with Crippen LogP contribution in [0.2, 0.25) is 0 Å². The maximum atomic E-state index is 2.32. The van der Waals surface area contributed by atoms with Crippen molar-refractivity contribution in [2.45, 2.75) is 107 Å². The van der Waals surface area contributed by atoms with Crippen LogP contribution >= 0.6 is 0 Å². The number of rotatable bonds is 0. The van der Waals surface area contributed by atoms with Crippen molar-refractivity contribution in [1.29, 1.82) is 0 Å². The average Bonchev–Trinajstić information content (AvgIpc) is 3.10. The predicted octanol–water partition coefficient (Wildman–Crippen LogP) is 9.73. The van der Waals surface area contributed by atoms with Gasteiger partial charge in [-0.2, -0.15) is 0 Å². The first-order chi connectivity index (χ1) is 15.8. The monoisotopic (exact) mass is 460 g/mol. The smallest absolute Gasteiger partial charge is 0.0247 e. The van der Waals surface area contributed by atoms with Gasteiger partial charge < -0.3 is 0 Å². The Labute approximate surface area is 212 Å². The lowest BCUT2D eigenvalue weighted by Crippen LogP contribution is -2.23. The number of benzene rings is 2. The zero-order chi connectivity index (χ0) is 24.9. The van der Waals surface area contributed by atoms with Crippen LogP contribution in [-0.2, 0) is 25.7 Å². The first kappa shape index (κ1) is 27.0. The summed E-state index contributed by atoms with van der Waals surface area (Å²) >= 11 is 0. The van der Waals surface area contributed by atoms with Gasteiger partial charge in [-0.1, -0.05) is 104 Å². The Balaban J connectivity index is 0.000000139. The minimum absolute atomic E-state index is 0.500. The van der Waals surface area contributed by atoms with Gasteiger partial charge in [-0.05, 0) is 108 Å². The van der Waals surface area contributed by atoms with Crippen molar-refractivity contribution in [2.75, 3.05) is 0 Å². The molecule has 0 saturated heterocycles. The second kappa shape index (κ2) is 11.5. The maximum absolute atomic E-state index is 2.32. The zero-order valence-corrected chi connectivity index (χ0v) is 23.6. The molecule has 8 rings (SSSR count). The highest BCUT2D eigenvalue weighted by molar-refractivity contribution is 5.31. The van der Waals surface area contributed by atoms with Crippen molar-refractivity contribution in [1.82, 2.24) is 0 Å². The van der Waals surface area contributed by atoms with Gasteiger partial charge in [0.25, 0.3) is 0 Å². The Kier molecular flexibility index (Phi) is 9.10. The molecule has 0 aromatic heterocycles. The molecule has 2 aromatic rings. The summed E-state index contributed by atoms with van der Waals surface area (Å²) in [6.45, 7) is 17.5. The van der Waals surface area contributed by atoms with Crippen molar-refractivity contribution in [3.05, 3.63) is 70.8 Å². The molecule has 6 aliphatic carbocycles. The summed E-state index contributed by atoms with van der Waals surface area (Å²) in [7, 11) is 0. The molecule has 0 nitrogen and oxygen atoms in total. The van der Waals surface area contributed by atoms with E-state index in [-0.39, 0.29) is 0 Å². The van der Waals surface area contributed by atoms with E-state index in [9.17, 15) is 0 Å². The van der Waals surface area contributed by atoms with Gasteiger partial charge in [-0.3, -0.25) is 0 Å². The van der Waals surface area contributed by atoms with Crippen molar-refractivity contribution in [3.63, 3.8) is 0 Å². The van der Waals surface area contributed by atoms with Crippen LogP contribution in [0.15, 0.2) is 48.5 Å². The summed E-state index contributed by atoms with van der Waals surface area (Å²) in [5.74, 6) is 4.11. The van der Waals surface area contributed by atoms with E-state index in [1.165, 1.54) is 51.4 Å². The Hall–Kier alpha value is -1.56. The minimum Gasteiger partial charge on any atom is -0.0620 e. The molecule has 0 atom stereocenters.